The van der Waals surface area contributed by atoms with Gasteiger partial charge in [-0.15, -0.1) is 0 Å². The first-order valence-corrected chi connectivity index (χ1v) is 9.92. The average Bonchev–Trinajstić information content (AvgIpc) is 2.87. The van der Waals surface area contributed by atoms with Crippen LogP contribution in [0.15, 0.2) is 12.2 Å². The Labute approximate surface area is 139 Å². The van der Waals surface area contributed by atoms with Gasteiger partial charge in [0.05, 0.1) is 0 Å². The molecule has 3 aliphatic rings. The van der Waals surface area contributed by atoms with Crippen molar-refractivity contribution in [2.24, 2.45) is 23.7 Å². The monoisotopic (exact) mass is 305 g/mol. The van der Waals surface area contributed by atoms with Crippen LogP contribution in [0.5, 0.6) is 0 Å². The van der Waals surface area contributed by atoms with Gasteiger partial charge in [0.15, 0.2) is 0 Å². The number of hydrogen-bond acceptors (Lipinski definition) is 1. The molecule has 0 aromatic rings. The van der Waals surface area contributed by atoms with Crippen LogP contribution in [0.1, 0.15) is 85.5 Å². The molecule has 0 spiro atoms. The van der Waals surface area contributed by atoms with Gasteiger partial charge in [-0.05, 0) is 43.4 Å². The van der Waals surface area contributed by atoms with E-state index in [-0.39, 0.29) is 0 Å². The van der Waals surface area contributed by atoms with Crippen molar-refractivity contribution in [3.05, 3.63) is 12.2 Å². The van der Waals surface area contributed by atoms with Gasteiger partial charge in [0.2, 0.25) is 0 Å². The van der Waals surface area contributed by atoms with Crippen molar-refractivity contribution < 1.29 is 0 Å². The molecule has 2 aliphatic carbocycles. The molecule has 0 radical (unpaired) electrons. The van der Waals surface area contributed by atoms with Crippen LogP contribution in [0.3, 0.4) is 0 Å². The molecule has 22 heavy (non-hydrogen) atoms. The SMILES string of the molecule is C=C(C)C1NC2CCCCC2C1C1CCCCC1.CC(C)C. The first kappa shape index (κ1) is 18.0. The average molecular weight is 306 g/mol. The maximum absolute atomic E-state index is 4.28. The summed E-state index contributed by atoms with van der Waals surface area (Å²) in [5.74, 6) is 3.69. The summed E-state index contributed by atoms with van der Waals surface area (Å²) in [5.41, 5.74) is 1.39. The first-order valence-electron chi connectivity index (χ1n) is 9.92. The van der Waals surface area contributed by atoms with Crippen LogP contribution in [0, 0.1) is 23.7 Å². The summed E-state index contributed by atoms with van der Waals surface area (Å²) in [6.07, 6.45) is 13.2. The lowest BCUT2D eigenvalue weighted by Crippen LogP contribution is -2.34. The molecule has 0 bridgehead atoms. The molecule has 2 saturated carbocycles. The molecule has 4 atom stereocenters. The second kappa shape index (κ2) is 8.52. The number of fused-ring (bicyclic) bond motifs is 1. The molecule has 0 aromatic carbocycles. The molecular weight excluding hydrogens is 266 g/mol. The number of rotatable bonds is 2. The quantitative estimate of drug-likeness (QED) is 0.621. The van der Waals surface area contributed by atoms with Crippen LogP contribution in [-0.4, -0.2) is 12.1 Å². The zero-order valence-corrected chi connectivity index (χ0v) is 15.5. The highest BCUT2D eigenvalue weighted by atomic mass is 15.0. The highest BCUT2D eigenvalue weighted by Gasteiger charge is 2.46. The normalized spacial score (nSPS) is 35.7. The molecule has 0 aromatic heterocycles. The predicted molar refractivity (Wildman–Crippen MR) is 98.1 cm³/mol. The van der Waals surface area contributed by atoms with Crippen molar-refractivity contribution in [3.63, 3.8) is 0 Å². The Balaban J connectivity index is 0.000000396. The van der Waals surface area contributed by atoms with Gasteiger partial charge in [-0.2, -0.15) is 0 Å². The highest BCUT2D eigenvalue weighted by molar-refractivity contribution is 5.14. The third kappa shape index (κ3) is 4.60. The second-order valence-electron chi connectivity index (χ2n) is 8.75. The van der Waals surface area contributed by atoms with Crippen molar-refractivity contribution in [3.8, 4) is 0 Å². The zero-order chi connectivity index (χ0) is 16.1. The summed E-state index contributed by atoms with van der Waals surface area (Å²) >= 11 is 0. The summed E-state index contributed by atoms with van der Waals surface area (Å²) in [6.45, 7) is 13.0. The maximum atomic E-state index is 4.28. The lowest BCUT2D eigenvalue weighted by molar-refractivity contribution is 0.166. The Hall–Kier alpha value is -0.300. The largest absolute Gasteiger partial charge is 0.307 e. The fourth-order valence-electron chi connectivity index (χ4n) is 5.03. The molecule has 1 heterocycles. The van der Waals surface area contributed by atoms with E-state index in [0.29, 0.717) is 6.04 Å². The molecule has 1 heteroatoms. The summed E-state index contributed by atoms with van der Waals surface area (Å²) in [7, 11) is 0. The Kier molecular flexibility index (Phi) is 6.99. The van der Waals surface area contributed by atoms with Gasteiger partial charge in [0.25, 0.3) is 0 Å². The van der Waals surface area contributed by atoms with E-state index in [1.54, 1.807) is 0 Å². The van der Waals surface area contributed by atoms with E-state index in [4.69, 9.17) is 0 Å². The topological polar surface area (TPSA) is 12.0 Å². The lowest BCUT2D eigenvalue weighted by Gasteiger charge is -2.36. The molecule has 1 nitrogen and oxygen atoms in total. The van der Waals surface area contributed by atoms with Crippen LogP contribution < -0.4 is 5.32 Å². The third-order valence-corrected chi connectivity index (χ3v) is 5.82. The standard InChI is InChI=1S/C17H29N.C4H10/c1-12(2)17-16(13-8-4-3-5-9-13)14-10-6-7-11-15(14)18-17;1-4(2)3/h13-18H,1,3-11H2,2H3;4H,1-3H3. The number of hydrogen-bond donors (Lipinski definition) is 1. The fraction of sp³-hybridized carbons (Fsp3) is 0.905. The fourth-order valence-corrected chi connectivity index (χ4v) is 5.03. The van der Waals surface area contributed by atoms with E-state index in [1.165, 1.54) is 63.4 Å². The Bertz CT molecular complexity index is 337. The highest BCUT2D eigenvalue weighted by Crippen LogP contribution is 2.46. The molecule has 4 unspecified atom stereocenters. The van der Waals surface area contributed by atoms with Crippen LogP contribution in [-0.2, 0) is 0 Å². The third-order valence-electron chi connectivity index (χ3n) is 5.82. The molecule has 0 amide bonds. The Morgan fingerprint density at radius 1 is 0.909 bits per heavy atom. The Morgan fingerprint density at radius 3 is 2.05 bits per heavy atom. The van der Waals surface area contributed by atoms with Crippen LogP contribution in [0.25, 0.3) is 0 Å². The van der Waals surface area contributed by atoms with Crippen molar-refractivity contribution in [1.82, 2.24) is 5.32 Å². The van der Waals surface area contributed by atoms with E-state index < -0.39 is 0 Å². The molecule has 3 rings (SSSR count). The predicted octanol–water partition coefficient (Wildman–Crippen LogP) is 5.95. The minimum atomic E-state index is 0.626. The van der Waals surface area contributed by atoms with Crippen molar-refractivity contribution >= 4 is 0 Å². The van der Waals surface area contributed by atoms with Crippen molar-refractivity contribution in [2.75, 3.05) is 0 Å². The molecule has 1 aliphatic heterocycles. The van der Waals surface area contributed by atoms with Gasteiger partial charge in [-0.25, -0.2) is 0 Å². The Morgan fingerprint density at radius 2 is 1.45 bits per heavy atom. The molecule has 128 valence electrons. The lowest BCUT2D eigenvalue weighted by atomic mass is 9.68. The second-order valence-corrected chi connectivity index (χ2v) is 8.75. The minimum Gasteiger partial charge on any atom is -0.307 e. The molecular formula is C21H39N. The smallest absolute Gasteiger partial charge is 0.0310 e. The van der Waals surface area contributed by atoms with Gasteiger partial charge in [0, 0.05) is 12.1 Å². The van der Waals surface area contributed by atoms with Crippen molar-refractivity contribution in [1.29, 1.82) is 0 Å². The van der Waals surface area contributed by atoms with Crippen LogP contribution in [0.4, 0.5) is 0 Å². The van der Waals surface area contributed by atoms with Gasteiger partial charge in [-0.1, -0.05) is 77.9 Å². The summed E-state index contributed by atoms with van der Waals surface area (Å²) in [5, 5.41) is 3.94. The molecule has 1 N–H and O–H groups in total. The molecule has 3 fully saturated rings. The van der Waals surface area contributed by atoms with Gasteiger partial charge in [0.1, 0.15) is 0 Å². The molecule has 1 saturated heterocycles. The van der Waals surface area contributed by atoms with E-state index >= 15 is 0 Å². The maximum Gasteiger partial charge on any atom is 0.0310 e. The van der Waals surface area contributed by atoms with Crippen molar-refractivity contribution in [2.45, 2.75) is 97.6 Å². The van der Waals surface area contributed by atoms with E-state index in [0.717, 1.165) is 29.7 Å². The zero-order valence-electron chi connectivity index (χ0n) is 15.5. The van der Waals surface area contributed by atoms with Crippen LogP contribution >= 0.6 is 0 Å². The van der Waals surface area contributed by atoms with E-state index in [9.17, 15) is 0 Å². The van der Waals surface area contributed by atoms with Gasteiger partial charge in [-0.3, -0.25) is 0 Å². The number of nitrogens with one attached hydrogen (secondary N) is 1. The van der Waals surface area contributed by atoms with Gasteiger partial charge >= 0.3 is 0 Å². The summed E-state index contributed by atoms with van der Waals surface area (Å²) in [6, 6.07) is 1.44. The van der Waals surface area contributed by atoms with Crippen LogP contribution in [0.2, 0.25) is 0 Å². The first-order chi connectivity index (χ1) is 10.5. The minimum absolute atomic E-state index is 0.626. The van der Waals surface area contributed by atoms with E-state index in [2.05, 4.69) is 39.6 Å². The van der Waals surface area contributed by atoms with E-state index in [1.807, 2.05) is 0 Å². The summed E-state index contributed by atoms with van der Waals surface area (Å²) in [4.78, 5) is 0. The summed E-state index contributed by atoms with van der Waals surface area (Å²) < 4.78 is 0. The van der Waals surface area contributed by atoms with Gasteiger partial charge < -0.3 is 5.32 Å².